The second kappa shape index (κ2) is 6.37. The van der Waals surface area contributed by atoms with E-state index in [1.807, 2.05) is 13.8 Å². The summed E-state index contributed by atoms with van der Waals surface area (Å²) in [5.74, 6) is 0.135. The zero-order chi connectivity index (χ0) is 8.69. The summed E-state index contributed by atoms with van der Waals surface area (Å²) in [6.45, 7) is 4.53. The fraction of sp³-hybridized carbons (Fsp3) is 0.857. The smallest absolute Gasteiger partial charge is 0.282 e. The van der Waals surface area contributed by atoms with E-state index in [9.17, 15) is 4.79 Å². The van der Waals surface area contributed by atoms with Gasteiger partial charge in [0.05, 0.1) is 13.2 Å². The Hall–Kier alpha value is -0.345. The summed E-state index contributed by atoms with van der Waals surface area (Å²) in [5, 5.41) is 0. The van der Waals surface area contributed by atoms with Crippen molar-refractivity contribution in [3.63, 3.8) is 0 Å². The number of hydrogen-bond donors (Lipinski definition) is 0. The van der Waals surface area contributed by atoms with Crippen LogP contribution in [0.4, 0.5) is 0 Å². The average molecular weight is 156 g/mol. The van der Waals surface area contributed by atoms with Gasteiger partial charge >= 0.3 is 0 Å². The van der Waals surface area contributed by atoms with E-state index in [0.717, 1.165) is 0 Å². The summed E-state index contributed by atoms with van der Waals surface area (Å²) in [7, 11) is 4.74. The normalized spacial score (nSPS) is 10.5. The van der Waals surface area contributed by atoms with E-state index in [1.54, 1.807) is 0 Å². The maximum atomic E-state index is 10.9. The second-order valence-electron chi connectivity index (χ2n) is 2.54. The van der Waals surface area contributed by atoms with Crippen molar-refractivity contribution >= 4 is 13.8 Å². The molecule has 0 heterocycles. The Morgan fingerprint density at radius 1 is 1.45 bits per heavy atom. The van der Waals surface area contributed by atoms with E-state index >= 15 is 0 Å². The molecule has 0 atom stereocenters. The van der Waals surface area contributed by atoms with Gasteiger partial charge in [0.25, 0.3) is 8.05 Å². The van der Waals surface area contributed by atoms with E-state index in [1.165, 1.54) is 0 Å². The van der Waals surface area contributed by atoms with Crippen LogP contribution in [0.2, 0.25) is 0 Å². The molecule has 0 saturated heterocycles. The summed E-state index contributed by atoms with van der Waals surface area (Å²) >= 11 is 0. The van der Waals surface area contributed by atoms with Gasteiger partial charge in [0.15, 0.2) is 5.78 Å². The molecule has 0 spiro atoms. The summed E-state index contributed by atoms with van der Waals surface area (Å²) in [6, 6.07) is 0. The molecule has 0 amide bonds. The molecule has 2 radical (unpaired) electrons. The largest absolute Gasteiger partial charge is 0.445 e. The molecule has 62 valence electrons. The van der Waals surface area contributed by atoms with Crippen molar-refractivity contribution in [3.8, 4) is 0 Å². The van der Waals surface area contributed by atoms with Crippen molar-refractivity contribution in [1.82, 2.24) is 0 Å². The van der Waals surface area contributed by atoms with Crippen molar-refractivity contribution in [3.05, 3.63) is 0 Å². The number of hydrogen-bond acceptors (Lipinski definition) is 3. The highest BCUT2D eigenvalue weighted by Gasteiger charge is 2.05. The van der Waals surface area contributed by atoms with Crippen LogP contribution in [0.15, 0.2) is 0 Å². The minimum Gasteiger partial charge on any atom is -0.445 e. The molecule has 0 aliphatic rings. The Balaban J connectivity index is 3.18. The Morgan fingerprint density at radius 2 is 2.09 bits per heavy atom. The molecule has 0 N–H and O–H groups in total. The molecule has 0 aromatic heterocycles. The standard InChI is InChI=1S/C7H13BO3/c1-6(2)7(9)5-10-3-4-11-8/h6H,3-5H2,1-2H3. The number of carbonyl (C=O) groups excluding carboxylic acids is 1. The lowest BCUT2D eigenvalue weighted by Gasteiger charge is -2.04. The lowest BCUT2D eigenvalue weighted by molar-refractivity contribution is -0.126. The van der Waals surface area contributed by atoms with Crippen molar-refractivity contribution in [2.45, 2.75) is 13.8 Å². The molecule has 0 bridgehead atoms. The Bertz CT molecular complexity index is 114. The molecule has 3 nitrogen and oxygen atoms in total. The monoisotopic (exact) mass is 156 g/mol. The van der Waals surface area contributed by atoms with Crippen LogP contribution in [-0.4, -0.2) is 33.7 Å². The van der Waals surface area contributed by atoms with Gasteiger partial charge in [-0.05, 0) is 0 Å². The van der Waals surface area contributed by atoms with Crippen molar-refractivity contribution in [2.24, 2.45) is 5.92 Å². The topological polar surface area (TPSA) is 35.5 Å². The van der Waals surface area contributed by atoms with Crippen LogP contribution >= 0.6 is 0 Å². The van der Waals surface area contributed by atoms with E-state index in [4.69, 9.17) is 12.8 Å². The number of ether oxygens (including phenoxy) is 1. The van der Waals surface area contributed by atoms with Gasteiger partial charge in [-0.3, -0.25) is 4.79 Å². The van der Waals surface area contributed by atoms with Gasteiger partial charge in [-0.2, -0.15) is 0 Å². The molecule has 0 aliphatic heterocycles. The van der Waals surface area contributed by atoms with Crippen LogP contribution in [0.25, 0.3) is 0 Å². The van der Waals surface area contributed by atoms with Crippen LogP contribution in [0, 0.1) is 5.92 Å². The van der Waals surface area contributed by atoms with Crippen molar-refractivity contribution in [2.75, 3.05) is 19.8 Å². The third-order valence-corrected chi connectivity index (χ3v) is 1.23. The molecule has 0 unspecified atom stereocenters. The van der Waals surface area contributed by atoms with E-state index in [0.29, 0.717) is 13.2 Å². The van der Waals surface area contributed by atoms with Crippen LogP contribution < -0.4 is 0 Å². The zero-order valence-electron chi connectivity index (χ0n) is 7.00. The van der Waals surface area contributed by atoms with Crippen LogP contribution in [0.5, 0.6) is 0 Å². The van der Waals surface area contributed by atoms with E-state index in [-0.39, 0.29) is 18.3 Å². The van der Waals surface area contributed by atoms with Crippen LogP contribution in [0.3, 0.4) is 0 Å². The molecule has 4 heteroatoms. The average Bonchev–Trinajstić information content (AvgIpc) is 1.97. The van der Waals surface area contributed by atoms with Crippen molar-refractivity contribution in [1.29, 1.82) is 0 Å². The number of carbonyl (C=O) groups is 1. The number of ketones is 1. The zero-order valence-corrected chi connectivity index (χ0v) is 7.00. The molecule has 0 fully saturated rings. The lowest BCUT2D eigenvalue weighted by Crippen LogP contribution is -2.16. The van der Waals surface area contributed by atoms with E-state index < -0.39 is 0 Å². The fourth-order valence-corrected chi connectivity index (χ4v) is 0.446. The SMILES string of the molecule is [B]OCCOCC(=O)C(C)C. The highest BCUT2D eigenvalue weighted by atomic mass is 16.5. The van der Waals surface area contributed by atoms with Crippen LogP contribution in [-0.2, 0) is 14.2 Å². The molecule has 0 rings (SSSR count). The van der Waals surface area contributed by atoms with Gasteiger partial charge in [0.2, 0.25) is 0 Å². The van der Waals surface area contributed by atoms with Crippen LogP contribution in [0.1, 0.15) is 13.8 Å². The quantitative estimate of drug-likeness (QED) is 0.410. The first-order valence-corrected chi connectivity index (χ1v) is 3.60. The summed E-state index contributed by atoms with van der Waals surface area (Å²) in [6.07, 6.45) is 0. The predicted molar refractivity (Wildman–Crippen MR) is 42.4 cm³/mol. The molecule has 11 heavy (non-hydrogen) atoms. The fourth-order valence-electron chi connectivity index (χ4n) is 0.446. The van der Waals surface area contributed by atoms with Gasteiger partial charge in [0.1, 0.15) is 6.61 Å². The maximum absolute atomic E-state index is 10.9. The third kappa shape index (κ3) is 6.07. The number of Topliss-reactive ketones (excluding diaryl/α,β-unsaturated/α-hetero) is 1. The summed E-state index contributed by atoms with van der Waals surface area (Å²) in [5.41, 5.74) is 0. The molecule has 0 aromatic carbocycles. The third-order valence-electron chi connectivity index (χ3n) is 1.23. The minimum absolute atomic E-state index is 0.0359. The molecule has 0 saturated carbocycles. The molecular weight excluding hydrogens is 143 g/mol. The van der Waals surface area contributed by atoms with Gasteiger partial charge in [-0.25, -0.2) is 0 Å². The Morgan fingerprint density at radius 3 is 2.55 bits per heavy atom. The Kier molecular flexibility index (Phi) is 6.17. The highest BCUT2D eigenvalue weighted by molar-refractivity contribution is 5.97. The highest BCUT2D eigenvalue weighted by Crippen LogP contribution is 1.93. The molecule has 0 aromatic rings. The van der Waals surface area contributed by atoms with Gasteiger partial charge in [-0.1, -0.05) is 13.8 Å². The van der Waals surface area contributed by atoms with E-state index in [2.05, 4.69) is 4.65 Å². The molecular formula is C7H13BO3. The minimum atomic E-state index is 0.0359. The van der Waals surface area contributed by atoms with Gasteiger partial charge < -0.3 is 9.39 Å². The maximum Gasteiger partial charge on any atom is 0.282 e. The second-order valence-corrected chi connectivity index (χ2v) is 2.54. The first-order valence-electron chi connectivity index (χ1n) is 3.60. The molecule has 0 aliphatic carbocycles. The first kappa shape index (κ1) is 10.7. The van der Waals surface area contributed by atoms with Gasteiger partial charge in [-0.15, -0.1) is 0 Å². The Labute approximate surface area is 68.5 Å². The van der Waals surface area contributed by atoms with Crippen molar-refractivity contribution < 1.29 is 14.2 Å². The summed E-state index contributed by atoms with van der Waals surface area (Å²) in [4.78, 5) is 10.9. The van der Waals surface area contributed by atoms with Gasteiger partial charge in [0, 0.05) is 5.92 Å². The predicted octanol–water partition coefficient (Wildman–Crippen LogP) is 0.328. The lowest BCUT2D eigenvalue weighted by atomic mass is 10.1. The summed E-state index contributed by atoms with van der Waals surface area (Å²) < 4.78 is 9.19. The first-order chi connectivity index (χ1) is 5.18. The number of rotatable bonds is 6.